The molecule has 0 unspecified atom stereocenters. The summed E-state index contributed by atoms with van der Waals surface area (Å²) < 4.78 is 6.26. The number of hydrogen-bond acceptors (Lipinski definition) is 3. The molecule has 0 radical (unpaired) electrons. The highest BCUT2D eigenvalue weighted by molar-refractivity contribution is 9.10. The first-order chi connectivity index (χ1) is 8.08. The summed E-state index contributed by atoms with van der Waals surface area (Å²) in [4.78, 5) is 15.0. The second-order valence-corrected chi connectivity index (χ2v) is 4.56. The Balaban J connectivity index is 2.52. The van der Waals surface area contributed by atoms with Gasteiger partial charge in [-0.3, -0.25) is 9.78 Å². The van der Waals surface area contributed by atoms with Crippen LogP contribution in [0.5, 0.6) is 5.75 Å². The maximum absolute atomic E-state index is 10.7. The Morgan fingerprint density at radius 2 is 2.29 bits per heavy atom. The van der Waals surface area contributed by atoms with Crippen molar-refractivity contribution >= 4 is 32.7 Å². The van der Waals surface area contributed by atoms with Crippen LogP contribution in [0.15, 0.2) is 28.9 Å². The van der Waals surface area contributed by atoms with Gasteiger partial charge in [0.25, 0.3) is 5.91 Å². The number of nitrogens with zero attached hydrogens (tertiary/aromatic N) is 1. The van der Waals surface area contributed by atoms with Crippen molar-refractivity contribution in [2.24, 2.45) is 5.73 Å². The van der Waals surface area contributed by atoms with E-state index in [1.54, 1.807) is 12.3 Å². The lowest BCUT2D eigenvalue weighted by Gasteiger charge is -2.09. The summed E-state index contributed by atoms with van der Waals surface area (Å²) in [6.07, 6.45) is 1.64. The van der Waals surface area contributed by atoms with E-state index in [1.807, 2.05) is 19.1 Å². The molecule has 0 saturated carbocycles. The fourth-order valence-corrected chi connectivity index (χ4v) is 2.27. The van der Waals surface area contributed by atoms with Crippen LogP contribution in [-0.4, -0.2) is 17.5 Å². The van der Waals surface area contributed by atoms with Gasteiger partial charge in [-0.1, -0.05) is 0 Å². The Morgan fingerprint density at radius 3 is 3.00 bits per heavy atom. The Hall–Kier alpha value is -1.62. The Labute approximate surface area is 107 Å². The molecule has 0 saturated heterocycles. The summed E-state index contributed by atoms with van der Waals surface area (Å²) in [6.45, 7) is 1.85. The number of ether oxygens (including phenoxy) is 1. The van der Waals surface area contributed by atoms with Gasteiger partial charge in [-0.05, 0) is 46.6 Å². The molecule has 88 valence electrons. The number of amides is 1. The molecule has 0 fully saturated rings. The number of primary amides is 1. The number of pyridine rings is 1. The van der Waals surface area contributed by atoms with E-state index in [1.165, 1.54) is 0 Å². The predicted octanol–water partition coefficient (Wildman–Crippen LogP) is 2.17. The van der Waals surface area contributed by atoms with Gasteiger partial charge in [0, 0.05) is 16.1 Å². The van der Waals surface area contributed by atoms with Crippen LogP contribution in [0.1, 0.15) is 5.56 Å². The van der Waals surface area contributed by atoms with Crippen molar-refractivity contribution in [3.63, 3.8) is 0 Å². The zero-order valence-corrected chi connectivity index (χ0v) is 10.8. The monoisotopic (exact) mass is 294 g/mol. The smallest absolute Gasteiger partial charge is 0.255 e. The molecular weight excluding hydrogens is 284 g/mol. The largest absolute Gasteiger partial charge is 0.483 e. The highest BCUT2D eigenvalue weighted by atomic mass is 79.9. The third-order valence-electron chi connectivity index (χ3n) is 2.27. The van der Waals surface area contributed by atoms with Crippen molar-refractivity contribution < 1.29 is 9.53 Å². The lowest BCUT2D eigenvalue weighted by atomic mass is 10.1. The van der Waals surface area contributed by atoms with Crippen LogP contribution >= 0.6 is 15.9 Å². The number of aromatic nitrogens is 1. The molecule has 2 aromatic rings. The number of benzene rings is 1. The third-order valence-corrected chi connectivity index (χ3v) is 2.88. The molecule has 2 N–H and O–H groups in total. The molecule has 0 aliphatic heterocycles. The summed E-state index contributed by atoms with van der Waals surface area (Å²) in [5.41, 5.74) is 6.94. The van der Waals surface area contributed by atoms with Crippen molar-refractivity contribution in [1.29, 1.82) is 0 Å². The fourth-order valence-electron chi connectivity index (χ4n) is 1.60. The Kier molecular flexibility index (Phi) is 3.28. The number of rotatable bonds is 3. The van der Waals surface area contributed by atoms with E-state index in [-0.39, 0.29) is 6.61 Å². The SMILES string of the molecule is Cc1cc(Br)c2nccc(OCC(N)=O)c2c1. The summed E-state index contributed by atoms with van der Waals surface area (Å²) in [5.74, 6) is 0.111. The Morgan fingerprint density at radius 1 is 1.53 bits per heavy atom. The molecule has 0 atom stereocenters. The van der Waals surface area contributed by atoms with Crippen molar-refractivity contribution in [2.45, 2.75) is 6.92 Å². The fraction of sp³-hybridized carbons (Fsp3) is 0.167. The average molecular weight is 295 g/mol. The number of fused-ring (bicyclic) bond motifs is 1. The summed E-state index contributed by atoms with van der Waals surface area (Å²) in [5, 5.41) is 0.862. The molecule has 0 aliphatic rings. The molecule has 1 heterocycles. The number of halogens is 1. The maximum Gasteiger partial charge on any atom is 0.255 e. The maximum atomic E-state index is 10.7. The van der Waals surface area contributed by atoms with E-state index in [2.05, 4.69) is 20.9 Å². The van der Waals surface area contributed by atoms with Crippen molar-refractivity contribution in [3.8, 4) is 5.75 Å². The minimum Gasteiger partial charge on any atom is -0.483 e. The van der Waals surface area contributed by atoms with Crippen molar-refractivity contribution in [1.82, 2.24) is 4.98 Å². The molecule has 1 aromatic carbocycles. The van der Waals surface area contributed by atoms with Gasteiger partial charge in [0.15, 0.2) is 6.61 Å². The van der Waals surface area contributed by atoms with Gasteiger partial charge < -0.3 is 10.5 Å². The molecular formula is C12H11BrN2O2. The third kappa shape index (κ3) is 2.55. The number of aryl methyl sites for hydroxylation is 1. The summed E-state index contributed by atoms with van der Waals surface area (Å²) >= 11 is 3.45. The predicted molar refractivity (Wildman–Crippen MR) is 68.9 cm³/mol. The highest BCUT2D eigenvalue weighted by Gasteiger charge is 2.08. The molecule has 2 rings (SSSR count). The van der Waals surface area contributed by atoms with E-state index in [4.69, 9.17) is 10.5 Å². The molecule has 17 heavy (non-hydrogen) atoms. The first kappa shape index (κ1) is 11.9. The second-order valence-electron chi connectivity index (χ2n) is 3.71. The summed E-state index contributed by atoms with van der Waals surface area (Å²) in [6, 6.07) is 5.66. The van der Waals surface area contributed by atoms with E-state index < -0.39 is 5.91 Å². The Bertz CT molecular complexity index is 584. The lowest BCUT2D eigenvalue weighted by Crippen LogP contribution is -2.20. The standard InChI is InChI=1S/C12H11BrN2O2/c1-7-4-8-10(17-6-11(14)16)2-3-15-12(8)9(13)5-7/h2-5H,6H2,1H3,(H2,14,16). The van der Waals surface area contributed by atoms with Gasteiger partial charge in [0.2, 0.25) is 0 Å². The zero-order chi connectivity index (χ0) is 12.4. The number of carbonyl (C=O) groups excluding carboxylic acids is 1. The van der Waals surface area contributed by atoms with E-state index in [9.17, 15) is 4.79 Å². The second kappa shape index (κ2) is 4.71. The van der Waals surface area contributed by atoms with Gasteiger partial charge in [-0.25, -0.2) is 0 Å². The van der Waals surface area contributed by atoms with Crippen LogP contribution < -0.4 is 10.5 Å². The van der Waals surface area contributed by atoms with Gasteiger partial charge in [0.1, 0.15) is 5.75 Å². The molecule has 1 aromatic heterocycles. The number of hydrogen-bond donors (Lipinski definition) is 1. The van der Waals surface area contributed by atoms with Crippen LogP contribution in [0.25, 0.3) is 10.9 Å². The minimum absolute atomic E-state index is 0.134. The molecule has 4 nitrogen and oxygen atoms in total. The van der Waals surface area contributed by atoms with Crippen molar-refractivity contribution in [3.05, 3.63) is 34.4 Å². The molecule has 5 heteroatoms. The normalized spacial score (nSPS) is 10.5. The van der Waals surface area contributed by atoms with Crippen LogP contribution in [0.4, 0.5) is 0 Å². The van der Waals surface area contributed by atoms with Crippen LogP contribution in [0.2, 0.25) is 0 Å². The highest BCUT2D eigenvalue weighted by Crippen LogP contribution is 2.30. The molecule has 0 aliphatic carbocycles. The van der Waals surface area contributed by atoms with Gasteiger partial charge in [-0.15, -0.1) is 0 Å². The number of carbonyl (C=O) groups is 1. The molecule has 0 bridgehead atoms. The topological polar surface area (TPSA) is 65.2 Å². The molecule has 0 spiro atoms. The van der Waals surface area contributed by atoms with Gasteiger partial charge >= 0.3 is 0 Å². The van der Waals surface area contributed by atoms with Gasteiger partial charge in [-0.2, -0.15) is 0 Å². The van der Waals surface area contributed by atoms with E-state index in [0.29, 0.717) is 5.75 Å². The van der Waals surface area contributed by atoms with Crippen LogP contribution in [-0.2, 0) is 4.79 Å². The quantitative estimate of drug-likeness (QED) is 0.943. The average Bonchev–Trinajstić information content (AvgIpc) is 2.26. The van der Waals surface area contributed by atoms with E-state index in [0.717, 1.165) is 20.9 Å². The number of nitrogens with two attached hydrogens (primary N) is 1. The van der Waals surface area contributed by atoms with Crippen molar-refractivity contribution in [2.75, 3.05) is 6.61 Å². The van der Waals surface area contributed by atoms with Crippen LogP contribution in [0, 0.1) is 6.92 Å². The zero-order valence-electron chi connectivity index (χ0n) is 9.24. The first-order valence-corrected chi connectivity index (χ1v) is 5.83. The van der Waals surface area contributed by atoms with Gasteiger partial charge in [0.05, 0.1) is 5.52 Å². The van der Waals surface area contributed by atoms with E-state index >= 15 is 0 Å². The molecule has 1 amide bonds. The first-order valence-electron chi connectivity index (χ1n) is 5.04. The minimum atomic E-state index is -0.498. The summed E-state index contributed by atoms with van der Waals surface area (Å²) in [7, 11) is 0. The lowest BCUT2D eigenvalue weighted by molar-refractivity contribution is -0.119. The van der Waals surface area contributed by atoms with Crippen LogP contribution in [0.3, 0.4) is 0 Å².